The van der Waals surface area contributed by atoms with Crippen molar-refractivity contribution in [2.24, 2.45) is 5.92 Å². The monoisotopic (exact) mass is 373 g/mol. The van der Waals surface area contributed by atoms with Gasteiger partial charge in [0.1, 0.15) is 17.2 Å². The molecule has 0 aliphatic carbocycles. The van der Waals surface area contributed by atoms with E-state index in [0.717, 1.165) is 54.4 Å². The summed E-state index contributed by atoms with van der Waals surface area (Å²) in [6, 6.07) is 22.2. The minimum Gasteiger partial charge on any atom is -0.380 e. The van der Waals surface area contributed by atoms with Crippen molar-refractivity contribution in [1.82, 2.24) is 9.97 Å². The van der Waals surface area contributed by atoms with Crippen LogP contribution in [-0.2, 0) is 5.60 Å². The van der Waals surface area contributed by atoms with E-state index in [1.54, 1.807) is 0 Å². The number of piperidine rings is 1. The maximum Gasteiger partial charge on any atom is 0.132 e. The number of anilines is 1. The predicted octanol–water partition coefficient (Wildman–Crippen LogP) is 4.25. The number of rotatable bonds is 4. The lowest BCUT2D eigenvalue weighted by atomic mass is 9.72. The van der Waals surface area contributed by atoms with Gasteiger partial charge in [0.05, 0.1) is 0 Å². The Labute approximate surface area is 166 Å². The van der Waals surface area contributed by atoms with Crippen LogP contribution in [0, 0.1) is 19.8 Å². The third-order valence-corrected chi connectivity index (χ3v) is 5.79. The van der Waals surface area contributed by atoms with Crippen LogP contribution in [0.5, 0.6) is 0 Å². The molecule has 28 heavy (non-hydrogen) atoms. The molecule has 0 saturated carbocycles. The minimum absolute atomic E-state index is 0.151. The second kappa shape index (κ2) is 7.72. The molecule has 1 saturated heterocycles. The molecule has 1 fully saturated rings. The van der Waals surface area contributed by atoms with Gasteiger partial charge in [0, 0.05) is 24.8 Å². The molecule has 0 atom stereocenters. The molecular formula is C24H27N3O. The maximum atomic E-state index is 12.0. The van der Waals surface area contributed by atoms with Crippen molar-refractivity contribution in [3.05, 3.63) is 89.4 Å². The van der Waals surface area contributed by atoms with Crippen LogP contribution in [0.2, 0.25) is 0 Å². The molecule has 1 aliphatic heterocycles. The molecule has 2 aromatic carbocycles. The van der Waals surface area contributed by atoms with Crippen molar-refractivity contribution in [2.75, 3.05) is 18.0 Å². The van der Waals surface area contributed by atoms with E-state index >= 15 is 0 Å². The second-order valence-corrected chi connectivity index (χ2v) is 7.67. The average Bonchev–Trinajstić information content (AvgIpc) is 2.74. The fraction of sp³-hybridized carbons (Fsp3) is 0.333. The Morgan fingerprint density at radius 3 is 1.89 bits per heavy atom. The average molecular weight is 374 g/mol. The first kappa shape index (κ1) is 18.6. The first-order valence-corrected chi connectivity index (χ1v) is 9.98. The molecule has 0 unspecified atom stereocenters. The molecule has 1 aliphatic rings. The Morgan fingerprint density at radius 2 is 1.39 bits per heavy atom. The van der Waals surface area contributed by atoms with Gasteiger partial charge in [0.25, 0.3) is 0 Å². The molecule has 0 spiro atoms. The Kier molecular flexibility index (Phi) is 5.14. The van der Waals surface area contributed by atoms with Crippen molar-refractivity contribution >= 4 is 5.82 Å². The summed E-state index contributed by atoms with van der Waals surface area (Å²) in [6.45, 7) is 5.70. The molecule has 1 aromatic heterocycles. The summed E-state index contributed by atoms with van der Waals surface area (Å²) in [6.07, 6.45) is 1.81. The van der Waals surface area contributed by atoms with Crippen molar-refractivity contribution < 1.29 is 5.11 Å². The number of hydrogen-bond donors (Lipinski definition) is 1. The smallest absolute Gasteiger partial charge is 0.132 e. The molecule has 2 heterocycles. The maximum absolute atomic E-state index is 12.0. The van der Waals surface area contributed by atoms with Gasteiger partial charge in [0.15, 0.2) is 0 Å². The summed E-state index contributed by atoms with van der Waals surface area (Å²) < 4.78 is 0. The number of aryl methyl sites for hydroxylation is 2. The molecule has 0 amide bonds. The van der Waals surface area contributed by atoms with Gasteiger partial charge in [-0.2, -0.15) is 0 Å². The van der Waals surface area contributed by atoms with Crippen LogP contribution in [0.1, 0.15) is 35.5 Å². The van der Waals surface area contributed by atoms with E-state index in [4.69, 9.17) is 0 Å². The second-order valence-electron chi connectivity index (χ2n) is 7.67. The first-order valence-electron chi connectivity index (χ1n) is 9.98. The highest BCUT2D eigenvalue weighted by Gasteiger charge is 2.41. The third kappa shape index (κ3) is 3.52. The largest absolute Gasteiger partial charge is 0.380 e. The van der Waals surface area contributed by atoms with Crippen LogP contribution in [0.3, 0.4) is 0 Å². The van der Waals surface area contributed by atoms with Crippen LogP contribution in [0.25, 0.3) is 0 Å². The summed E-state index contributed by atoms with van der Waals surface area (Å²) >= 11 is 0. The van der Waals surface area contributed by atoms with Crippen molar-refractivity contribution in [1.29, 1.82) is 0 Å². The third-order valence-electron chi connectivity index (χ3n) is 5.79. The fourth-order valence-electron chi connectivity index (χ4n) is 4.41. The van der Waals surface area contributed by atoms with Crippen LogP contribution < -0.4 is 4.90 Å². The van der Waals surface area contributed by atoms with Crippen molar-refractivity contribution in [3.63, 3.8) is 0 Å². The highest BCUT2D eigenvalue weighted by molar-refractivity contribution is 5.42. The molecule has 4 rings (SSSR count). The molecule has 0 radical (unpaired) electrons. The molecular weight excluding hydrogens is 346 g/mol. The van der Waals surface area contributed by atoms with Gasteiger partial charge in [-0.3, -0.25) is 0 Å². The predicted molar refractivity (Wildman–Crippen MR) is 112 cm³/mol. The number of aromatic nitrogens is 2. The van der Waals surface area contributed by atoms with Crippen molar-refractivity contribution in [2.45, 2.75) is 32.3 Å². The SMILES string of the molecule is Cc1cc(N2CCC(C(O)(c3ccccc3)c3ccccc3)CC2)nc(C)n1. The van der Waals surface area contributed by atoms with E-state index < -0.39 is 5.60 Å². The van der Waals surface area contributed by atoms with Crippen LogP contribution >= 0.6 is 0 Å². The summed E-state index contributed by atoms with van der Waals surface area (Å²) in [5.74, 6) is 1.95. The van der Waals surface area contributed by atoms with Gasteiger partial charge in [-0.05, 0) is 43.7 Å². The van der Waals surface area contributed by atoms with Gasteiger partial charge in [-0.1, -0.05) is 60.7 Å². The fourth-order valence-corrected chi connectivity index (χ4v) is 4.41. The number of nitrogens with zero attached hydrogens (tertiary/aromatic N) is 3. The lowest BCUT2D eigenvalue weighted by molar-refractivity contribution is 0.00499. The van der Waals surface area contributed by atoms with E-state index in [1.807, 2.05) is 80.6 Å². The zero-order valence-corrected chi connectivity index (χ0v) is 16.5. The van der Waals surface area contributed by atoms with Gasteiger partial charge in [0.2, 0.25) is 0 Å². The zero-order valence-electron chi connectivity index (χ0n) is 16.5. The summed E-state index contributed by atoms with van der Waals surface area (Å²) in [5, 5.41) is 12.0. The lowest BCUT2D eigenvalue weighted by Gasteiger charge is -2.42. The molecule has 4 nitrogen and oxygen atoms in total. The standard InChI is InChI=1S/C24H27N3O/c1-18-17-23(26-19(2)25-18)27-15-13-22(14-16-27)24(28,20-9-5-3-6-10-20)21-11-7-4-8-12-21/h3-12,17,22,28H,13-16H2,1-2H3. The van der Waals surface area contributed by atoms with Gasteiger partial charge >= 0.3 is 0 Å². The summed E-state index contributed by atoms with van der Waals surface area (Å²) in [7, 11) is 0. The summed E-state index contributed by atoms with van der Waals surface area (Å²) in [4.78, 5) is 11.3. The highest BCUT2D eigenvalue weighted by atomic mass is 16.3. The van der Waals surface area contributed by atoms with Crippen molar-refractivity contribution in [3.8, 4) is 0 Å². The first-order chi connectivity index (χ1) is 13.6. The zero-order chi connectivity index (χ0) is 19.6. The van der Waals surface area contributed by atoms with E-state index in [0.29, 0.717) is 0 Å². The van der Waals surface area contributed by atoms with Crippen LogP contribution in [0.4, 0.5) is 5.82 Å². The number of benzene rings is 2. The Bertz CT molecular complexity index is 859. The number of aliphatic hydroxyl groups is 1. The minimum atomic E-state index is -0.980. The van der Waals surface area contributed by atoms with Gasteiger partial charge in [-0.15, -0.1) is 0 Å². The Morgan fingerprint density at radius 1 is 0.857 bits per heavy atom. The van der Waals surface area contributed by atoms with Crippen LogP contribution in [-0.4, -0.2) is 28.2 Å². The van der Waals surface area contributed by atoms with Crippen LogP contribution in [0.15, 0.2) is 66.7 Å². The van der Waals surface area contributed by atoms with E-state index in [9.17, 15) is 5.11 Å². The van der Waals surface area contributed by atoms with Gasteiger partial charge in [-0.25, -0.2) is 9.97 Å². The normalized spacial score (nSPS) is 15.6. The van der Waals surface area contributed by atoms with E-state index in [1.165, 1.54) is 0 Å². The Hall–Kier alpha value is -2.72. The van der Waals surface area contributed by atoms with Gasteiger partial charge < -0.3 is 10.0 Å². The quantitative estimate of drug-likeness (QED) is 0.743. The lowest BCUT2D eigenvalue weighted by Crippen LogP contribution is -2.44. The molecule has 1 N–H and O–H groups in total. The van der Waals surface area contributed by atoms with E-state index in [2.05, 4.69) is 14.9 Å². The molecule has 3 aromatic rings. The molecule has 4 heteroatoms. The number of hydrogen-bond acceptors (Lipinski definition) is 4. The topological polar surface area (TPSA) is 49.2 Å². The highest BCUT2D eigenvalue weighted by Crippen LogP contribution is 2.42. The Balaban J connectivity index is 1.61. The summed E-state index contributed by atoms with van der Waals surface area (Å²) in [5.41, 5.74) is 1.95. The van der Waals surface area contributed by atoms with E-state index in [-0.39, 0.29) is 5.92 Å². The molecule has 144 valence electrons. The molecule has 0 bridgehead atoms.